The first-order valence-corrected chi connectivity index (χ1v) is 6.09. The van der Waals surface area contributed by atoms with Crippen LogP contribution in [0.3, 0.4) is 0 Å². The highest BCUT2D eigenvalue weighted by molar-refractivity contribution is 6.35. The first-order valence-electron chi connectivity index (χ1n) is 5.34. The van der Waals surface area contributed by atoms with E-state index >= 15 is 0 Å². The molecule has 0 amide bonds. The van der Waals surface area contributed by atoms with Gasteiger partial charge in [-0.25, -0.2) is 19.2 Å². The number of nitrogen functional groups attached to an aromatic ring is 1. The minimum absolute atomic E-state index is 0.00207. The van der Waals surface area contributed by atoms with Crippen molar-refractivity contribution in [3.8, 4) is 11.4 Å². The maximum Gasteiger partial charge on any atom is 0.356 e. The van der Waals surface area contributed by atoms with Gasteiger partial charge in [-0.1, -0.05) is 23.2 Å². The highest BCUT2D eigenvalue weighted by Gasteiger charge is 2.20. The van der Waals surface area contributed by atoms with Gasteiger partial charge in [0, 0.05) is 10.6 Å². The van der Waals surface area contributed by atoms with E-state index < -0.39 is 17.5 Å². The summed E-state index contributed by atoms with van der Waals surface area (Å²) in [5, 5.41) is 8.94. The van der Waals surface area contributed by atoms with Crippen molar-refractivity contribution in [3.63, 3.8) is 0 Å². The van der Waals surface area contributed by atoms with Gasteiger partial charge in [0.15, 0.2) is 11.5 Å². The van der Waals surface area contributed by atoms with E-state index in [0.29, 0.717) is 0 Å². The highest BCUT2D eigenvalue weighted by atomic mass is 35.5. The smallest absolute Gasteiger partial charge is 0.356 e. The molecule has 3 N–H and O–H groups in total. The molecule has 1 aromatic carbocycles. The van der Waals surface area contributed by atoms with Crippen LogP contribution in [0.1, 0.15) is 16.1 Å². The number of nitrogens with zero attached hydrogens (tertiary/aromatic N) is 2. The van der Waals surface area contributed by atoms with Crippen LogP contribution in [0, 0.1) is 12.7 Å². The molecule has 0 atom stereocenters. The topological polar surface area (TPSA) is 89.1 Å². The Kier molecular flexibility index (Phi) is 3.78. The number of rotatable bonds is 2. The lowest BCUT2D eigenvalue weighted by atomic mass is 10.1. The molecule has 0 spiro atoms. The van der Waals surface area contributed by atoms with Crippen LogP contribution >= 0.6 is 23.2 Å². The van der Waals surface area contributed by atoms with Gasteiger partial charge in [-0.3, -0.25) is 0 Å². The molecule has 0 aliphatic rings. The Labute approximate surface area is 123 Å². The average molecular weight is 316 g/mol. The molecule has 1 heterocycles. The average Bonchev–Trinajstić information content (AvgIpc) is 2.39. The zero-order valence-electron chi connectivity index (χ0n) is 10.1. The van der Waals surface area contributed by atoms with Crippen molar-refractivity contribution in [2.45, 2.75) is 6.92 Å². The summed E-state index contributed by atoms with van der Waals surface area (Å²) in [6.07, 6.45) is 0. The van der Waals surface area contributed by atoms with E-state index in [-0.39, 0.29) is 32.8 Å². The van der Waals surface area contributed by atoms with Crippen LogP contribution in [-0.2, 0) is 0 Å². The molecule has 5 nitrogen and oxygen atoms in total. The Morgan fingerprint density at radius 2 is 2.00 bits per heavy atom. The van der Waals surface area contributed by atoms with Gasteiger partial charge >= 0.3 is 5.97 Å². The van der Waals surface area contributed by atoms with Gasteiger partial charge in [0.25, 0.3) is 0 Å². The van der Waals surface area contributed by atoms with Crippen molar-refractivity contribution < 1.29 is 14.3 Å². The van der Waals surface area contributed by atoms with Crippen LogP contribution in [-0.4, -0.2) is 21.0 Å². The van der Waals surface area contributed by atoms with E-state index in [2.05, 4.69) is 9.97 Å². The van der Waals surface area contributed by atoms with Crippen molar-refractivity contribution in [2.75, 3.05) is 5.73 Å². The Balaban J connectivity index is 2.71. The number of nitrogens with two attached hydrogens (primary N) is 1. The standard InChI is InChI=1S/C12H8Cl2FN3O2/c1-4-6(13)3-2-5(8(4)15)11-17-9(12(19)20)7(14)10(16)18-11/h2-3H,1H3,(H,19,20)(H2,16,17,18). The van der Waals surface area contributed by atoms with Gasteiger partial charge in [-0.2, -0.15) is 0 Å². The lowest BCUT2D eigenvalue weighted by molar-refractivity contribution is 0.0690. The second-order valence-corrected chi connectivity index (χ2v) is 4.72. The summed E-state index contributed by atoms with van der Waals surface area (Å²) in [7, 11) is 0. The molecule has 0 radical (unpaired) electrons. The summed E-state index contributed by atoms with van der Waals surface area (Å²) < 4.78 is 14.1. The number of aromatic carboxylic acids is 1. The largest absolute Gasteiger partial charge is 0.476 e. The quantitative estimate of drug-likeness (QED) is 0.888. The molecule has 2 aromatic rings. The van der Waals surface area contributed by atoms with Crippen LogP contribution in [0.4, 0.5) is 10.2 Å². The lowest BCUT2D eigenvalue weighted by Crippen LogP contribution is -2.08. The van der Waals surface area contributed by atoms with Crippen LogP contribution in [0.25, 0.3) is 11.4 Å². The monoisotopic (exact) mass is 315 g/mol. The predicted octanol–water partition coefficient (Wildman–Crippen LogP) is 3.18. The third kappa shape index (κ3) is 2.39. The fourth-order valence-corrected chi connectivity index (χ4v) is 1.87. The molecule has 0 unspecified atom stereocenters. The molecule has 2 rings (SSSR count). The van der Waals surface area contributed by atoms with E-state index in [9.17, 15) is 9.18 Å². The summed E-state index contributed by atoms with van der Waals surface area (Å²) in [6.45, 7) is 1.48. The van der Waals surface area contributed by atoms with Crippen LogP contribution in [0.5, 0.6) is 0 Å². The molecule has 20 heavy (non-hydrogen) atoms. The molecule has 0 bridgehead atoms. The van der Waals surface area contributed by atoms with E-state index in [4.69, 9.17) is 34.0 Å². The van der Waals surface area contributed by atoms with E-state index in [1.165, 1.54) is 19.1 Å². The maximum absolute atomic E-state index is 14.1. The van der Waals surface area contributed by atoms with Gasteiger partial charge in [0.1, 0.15) is 16.7 Å². The van der Waals surface area contributed by atoms with Crippen LogP contribution < -0.4 is 5.73 Å². The van der Waals surface area contributed by atoms with E-state index in [0.717, 1.165) is 0 Å². The van der Waals surface area contributed by atoms with Crippen molar-refractivity contribution in [2.24, 2.45) is 0 Å². The van der Waals surface area contributed by atoms with E-state index in [1.807, 2.05) is 0 Å². The van der Waals surface area contributed by atoms with Gasteiger partial charge in [-0.15, -0.1) is 0 Å². The fraction of sp³-hybridized carbons (Fsp3) is 0.0833. The fourth-order valence-electron chi connectivity index (χ4n) is 1.56. The lowest BCUT2D eigenvalue weighted by Gasteiger charge is -2.09. The first kappa shape index (κ1) is 14.5. The normalized spacial score (nSPS) is 10.6. The molecule has 0 aliphatic carbocycles. The van der Waals surface area contributed by atoms with Crippen molar-refractivity contribution in [1.82, 2.24) is 9.97 Å². The van der Waals surface area contributed by atoms with E-state index in [1.54, 1.807) is 0 Å². The number of hydrogen-bond donors (Lipinski definition) is 2. The third-order valence-electron chi connectivity index (χ3n) is 2.64. The number of hydrogen-bond acceptors (Lipinski definition) is 4. The van der Waals surface area contributed by atoms with Gasteiger partial charge in [0.05, 0.1) is 5.56 Å². The number of carboxylic acid groups (broad SMARTS) is 1. The van der Waals surface area contributed by atoms with Crippen molar-refractivity contribution >= 4 is 35.0 Å². The molecule has 0 saturated carbocycles. The number of carbonyl (C=O) groups is 1. The second-order valence-electron chi connectivity index (χ2n) is 3.93. The minimum atomic E-state index is -1.38. The Morgan fingerprint density at radius 3 is 2.60 bits per heavy atom. The molecular weight excluding hydrogens is 308 g/mol. The Morgan fingerprint density at radius 1 is 1.35 bits per heavy atom. The zero-order valence-corrected chi connectivity index (χ0v) is 11.6. The number of aromatic nitrogens is 2. The third-order valence-corrected chi connectivity index (χ3v) is 3.42. The number of carboxylic acids is 1. The van der Waals surface area contributed by atoms with Gasteiger partial charge in [-0.05, 0) is 19.1 Å². The first-order chi connectivity index (χ1) is 9.32. The molecular formula is C12H8Cl2FN3O2. The summed E-state index contributed by atoms with van der Waals surface area (Å²) in [5.41, 5.74) is 5.24. The molecule has 0 saturated heterocycles. The molecule has 8 heteroatoms. The second kappa shape index (κ2) is 5.22. The summed E-state index contributed by atoms with van der Waals surface area (Å²) in [4.78, 5) is 18.6. The summed E-state index contributed by atoms with van der Waals surface area (Å²) in [6, 6.07) is 2.81. The molecule has 0 aliphatic heterocycles. The molecule has 1 aromatic heterocycles. The Bertz CT molecular complexity index is 722. The summed E-state index contributed by atoms with van der Waals surface area (Å²) >= 11 is 11.5. The minimum Gasteiger partial charge on any atom is -0.476 e. The predicted molar refractivity (Wildman–Crippen MR) is 73.6 cm³/mol. The number of benzene rings is 1. The highest BCUT2D eigenvalue weighted by Crippen LogP contribution is 2.29. The van der Waals surface area contributed by atoms with Crippen LogP contribution in [0.15, 0.2) is 12.1 Å². The SMILES string of the molecule is Cc1c(Cl)ccc(-c2nc(N)c(Cl)c(C(=O)O)n2)c1F. The Hall–Kier alpha value is -1.92. The van der Waals surface area contributed by atoms with Crippen molar-refractivity contribution in [1.29, 1.82) is 0 Å². The zero-order chi connectivity index (χ0) is 15.0. The number of halogens is 3. The van der Waals surface area contributed by atoms with Gasteiger partial charge in [0.2, 0.25) is 0 Å². The van der Waals surface area contributed by atoms with Crippen LogP contribution in [0.2, 0.25) is 10.0 Å². The van der Waals surface area contributed by atoms with Gasteiger partial charge < -0.3 is 10.8 Å². The van der Waals surface area contributed by atoms with Crippen molar-refractivity contribution in [3.05, 3.63) is 39.3 Å². The summed E-state index contributed by atoms with van der Waals surface area (Å²) in [5.74, 6) is -2.42. The maximum atomic E-state index is 14.1. The molecule has 104 valence electrons. The number of anilines is 1. The molecule has 0 fully saturated rings.